The molecule has 0 aromatic heterocycles. The second-order valence-electron chi connectivity index (χ2n) is 3.66. The Labute approximate surface area is 98.7 Å². The van der Waals surface area contributed by atoms with Gasteiger partial charge in [0, 0.05) is 6.42 Å². The fraction of sp³-hybridized carbons (Fsp3) is 0.167. The average molecular weight is 234 g/mol. The van der Waals surface area contributed by atoms with E-state index >= 15 is 0 Å². The van der Waals surface area contributed by atoms with Gasteiger partial charge in [-0.25, -0.2) is 4.79 Å². The Kier molecular flexibility index (Phi) is 4.01. The van der Waals surface area contributed by atoms with Crippen molar-refractivity contribution >= 4 is 18.0 Å². The lowest BCUT2D eigenvalue weighted by atomic mass is 9.95. The zero-order valence-corrected chi connectivity index (χ0v) is 9.17. The molecular weight excluding hydrogens is 220 g/mol. The van der Waals surface area contributed by atoms with Crippen LogP contribution in [-0.2, 0) is 9.59 Å². The molecule has 5 heteroatoms. The van der Waals surface area contributed by atoms with Crippen molar-refractivity contribution in [2.45, 2.75) is 12.0 Å². The van der Waals surface area contributed by atoms with Gasteiger partial charge in [-0.3, -0.25) is 4.79 Å². The zero-order chi connectivity index (χ0) is 12.9. The Bertz CT molecular complexity index is 426. The Balaban J connectivity index is 2.75. The predicted octanol–water partition coefficient (Wildman–Crippen LogP) is 0.357. The van der Waals surface area contributed by atoms with Gasteiger partial charge < -0.3 is 16.6 Å². The van der Waals surface area contributed by atoms with Crippen LogP contribution in [0.4, 0.5) is 0 Å². The van der Waals surface area contributed by atoms with Gasteiger partial charge in [-0.05, 0) is 5.56 Å². The first kappa shape index (κ1) is 12.9. The highest BCUT2D eigenvalue weighted by atomic mass is 16.4. The molecule has 0 aliphatic carbocycles. The number of carboxylic acids is 1. The van der Waals surface area contributed by atoms with Gasteiger partial charge in [-0.1, -0.05) is 42.5 Å². The summed E-state index contributed by atoms with van der Waals surface area (Å²) in [5.74, 6) is -2.48. The lowest BCUT2D eigenvalue weighted by Gasteiger charge is -2.18. The monoisotopic (exact) mass is 234 g/mol. The summed E-state index contributed by atoms with van der Waals surface area (Å²) in [6, 6.07) is 9.26. The number of primary amides is 1. The van der Waals surface area contributed by atoms with Gasteiger partial charge in [0.25, 0.3) is 0 Å². The number of amides is 1. The van der Waals surface area contributed by atoms with Crippen molar-refractivity contribution in [3.8, 4) is 0 Å². The van der Waals surface area contributed by atoms with Crippen LogP contribution in [0.25, 0.3) is 6.08 Å². The maximum Gasteiger partial charge on any atom is 0.333 e. The minimum absolute atomic E-state index is 0.146. The summed E-state index contributed by atoms with van der Waals surface area (Å²) in [5.41, 5.74) is 9.24. The first-order chi connectivity index (χ1) is 7.97. The lowest BCUT2D eigenvalue weighted by Crippen LogP contribution is -2.57. The summed E-state index contributed by atoms with van der Waals surface area (Å²) < 4.78 is 0. The second kappa shape index (κ2) is 5.27. The van der Waals surface area contributed by atoms with E-state index in [-0.39, 0.29) is 6.42 Å². The molecule has 5 nitrogen and oxygen atoms in total. The number of carboxylic acid groups (broad SMARTS) is 1. The van der Waals surface area contributed by atoms with E-state index in [2.05, 4.69) is 0 Å². The third-order valence-corrected chi connectivity index (χ3v) is 2.37. The van der Waals surface area contributed by atoms with Crippen molar-refractivity contribution in [3.05, 3.63) is 42.0 Å². The maximum absolute atomic E-state index is 11.0. The smallest absolute Gasteiger partial charge is 0.333 e. The molecule has 0 heterocycles. The van der Waals surface area contributed by atoms with Gasteiger partial charge in [0.2, 0.25) is 5.91 Å². The Morgan fingerprint density at radius 2 is 1.88 bits per heavy atom. The summed E-state index contributed by atoms with van der Waals surface area (Å²) >= 11 is 0. The predicted molar refractivity (Wildman–Crippen MR) is 63.8 cm³/mol. The van der Waals surface area contributed by atoms with E-state index in [9.17, 15) is 9.59 Å². The zero-order valence-electron chi connectivity index (χ0n) is 9.17. The molecule has 0 radical (unpaired) electrons. The molecule has 0 fully saturated rings. The fourth-order valence-electron chi connectivity index (χ4n) is 1.24. The molecule has 0 aliphatic rings. The van der Waals surface area contributed by atoms with Gasteiger partial charge >= 0.3 is 5.97 Å². The topological polar surface area (TPSA) is 106 Å². The van der Waals surface area contributed by atoms with Crippen LogP contribution < -0.4 is 11.5 Å². The van der Waals surface area contributed by atoms with Crippen LogP contribution in [-0.4, -0.2) is 22.5 Å². The van der Waals surface area contributed by atoms with E-state index in [1.807, 2.05) is 30.3 Å². The van der Waals surface area contributed by atoms with Crippen molar-refractivity contribution in [2.75, 3.05) is 0 Å². The van der Waals surface area contributed by atoms with Crippen LogP contribution in [0.3, 0.4) is 0 Å². The third-order valence-electron chi connectivity index (χ3n) is 2.37. The number of rotatable bonds is 5. The molecule has 1 rings (SSSR count). The highest BCUT2D eigenvalue weighted by Crippen LogP contribution is 2.10. The van der Waals surface area contributed by atoms with Crippen LogP contribution in [0.2, 0.25) is 0 Å². The quantitative estimate of drug-likeness (QED) is 0.639. The van der Waals surface area contributed by atoms with Crippen LogP contribution in [0.15, 0.2) is 36.4 Å². The molecule has 90 valence electrons. The molecule has 1 aromatic carbocycles. The molecule has 1 aromatic rings. The van der Waals surface area contributed by atoms with Gasteiger partial charge in [-0.2, -0.15) is 0 Å². The third kappa shape index (κ3) is 3.15. The lowest BCUT2D eigenvalue weighted by molar-refractivity contribution is -0.147. The number of carbonyl (C=O) groups excluding carboxylic acids is 1. The Morgan fingerprint density at radius 3 is 2.35 bits per heavy atom. The summed E-state index contributed by atoms with van der Waals surface area (Å²) in [7, 11) is 0. The minimum Gasteiger partial charge on any atom is -0.479 e. The van der Waals surface area contributed by atoms with Crippen LogP contribution in [0.1, 0.15) is 12.0 Å². The molecule has 1 amide bonds. The largest absolute Gasteiger partial charge is 0.479 e. The van der Waals surface area contributed by atoms with Crippen LogP contribution >= 0.6 is 0 Å². The maximum atomic E-state index is 11.0. The van der Waals surface area contributed by atoms with E-state index in [0.29, 0.717) is 0 Å². The molecular formula is C12H14N2O3. The highest BCUT2D eigenvalue weighted by molar-refractivity contribution is 6.05. The van der Waals surface area contributed by atoms with Crippen molar-refractivity contribution < 1.29 is 14.7 Å². The van der Waals surface area contributed by atoms with Gasteiger partial charge in [-0.15, -0.1) is 0 Å². The van der Waals surface area contributed by atoms with Gasteiger partial charge in [0.15, 0.2) is 5.54 Å². The fourth-order valence-corrected chi connectivity index (χ4v) is 1.24. The average Bonchev–Trinajstić information content (AvgIpc) is 2.29. The molecule has 0 spiro atoms. The molecule has 1 atom stereocenters. The van der Waals surface area contributed by atoms with Crippen LogP contribution in [0, 0.1) is 0 Å². The van der Waals surface area contributed by atoms with E-state index in [1.54, 1.807) is 6.08 Å². The van der Waals surface area contributed by atoms with E-state index in [0.717, 1.165) is 5.56 Å². The Morgan fingerprint density at radius 1 is 1.29 bits per heavy atom. The molecule has 17 heavy (non-hydrogen) atoms. The first-order valence-corrected chi connectivity index (χ1v) is 5.00. The number of aliphatic carboxylic acids is 1. The summed E-state index contributed by atoms with van der Waals surface area (Å²) in [5, 5.41) is 8.84. The van der Waals surface area contributed by atoms with E-state index in [1.165, 1.54) is 6.08 Å². The summed E-state index contributed by atoms with van der Waals surface area (Å²) in [6.45, 7) is 0. The second-order valence-corrected chi connectivity index (χ2v) is 3.66. The van der Waals surface area contributed by atoms with Gasteiger partial charge in [0.1, 0.15) is 0 Å². The van der Waals surface area contributed by atoms with Crippen molar-refractivity contribution in [1.29, 1.82) is 0 Å². The highest BCUT2D eigenvalue weighted by Gasteiger charge is 2.39. The molecule has 5 N–H and O–H groups in total. The van der Waals surface area contributed by atoms with Gasteiger partial charge in [0.05, 0.1) is 0 Å². The van der Waals surface area contributed by atoms with E-state index in [4.69, 9.17) is 16.6 Å². The van der Waals surface area contributed by atoms with Crippen molar-refractivity contribution in [2.24, 2.45) is 11.5 Å². The normalized spacial score (nSPS) is 14.4. The standard InChI is InChI=1S/C12H14N2O3/c13-10(15)12(14,11(16)17)8-4-7-9-5-2-1-3-6-9/h1-7H,8,14H2,(H2,13,15)(H,16,17)/b7-4+/t12-/m1/s1. The number of nitrogens with two attached hydrogens (primary N) is 2. The molecule has 0 saturated heterocycles. The van der Waals surface area contributed by atoms with Crippen LogP contribution in [0.5, 0.6) is 0 Å². The molecule has 0 unspecified atom stereocenters. The number of benzene rings is 1. The van der Waals surface area contributed by atoms with Crippen molar-refractivity contribution in [1.82, 2.24) is 0 Å². The van der Waals surface area contributed by atoms with E-state index < -0.39 is 17.4 Å². The molecule has 0 bridgehead atoms. The summed E-state index contributed by atoms with van der Waals surface area (Å²) in [4.78, 5) is 21.8. The molecule has 0 saturated carbocycles. The minimum atomic E-state index is -2.05. The SMILES string of the molecule is NC(=O)[C@](N)(C/C=C/c1ccccc1)C(=O)O. The van der Waals surface area contributed by atoms with Crippen molar-refractivity contribution in [3.63, 3.8) is 0 Å². The Hall–Kier alpha value is -2.14. The number of hydrogen-bond donors (Lipinski definition) is 3. The molecule has 0 aliphatic heterocycles. The first-order valence-electron chi connectivity index (χ1n) is 5.00. The number of hydrogen-bond acceptors (Lipinski definition) is 3. The summed E-state index contributed by atoms with van der Waals surface area (Å²) in [6.07, 6.45) is 3.06. The number of carbonyl (C=O) groups is 2.